The molecule has 5 heteroatoms. The van der Waals surface area contributed by atoms with E-state index in [4.69, 9.17) is 0 Å². The number of piperidine rings is 1. The first kappa shape index (κ1) is 16.3. The van der Waals surface area contributed by atoms with Crippen LogP contribution < -0.4 is 5.32 Å². The zero-order chi connectivity index (χ0) is 15.4. The Morgan fingerprint density at radius 3 is 2.57 bits per heavy atom. The Balaban J connectivity index is 1.86. The van der Waals surface area contributed by atoms with Crippen molar-refractivity contribution in [3.63, 3.8) is 0 Å². The molecule has 0 radical (unpaired) electrons. The molecule has 0 aliphatic carbocycles. The molecule has 0 aromatic heterocycles. The van der Waals surface area contributed by atoms with Crippen molar-refractivity contribution in [1.29, 1.82) is 0 Å². The van der Waals surface area contributed by atoms with E-state index in [0.717, 1.165) is 38.9 Å². The lowest BCUT2D eigenvalue weighted by molar-refractivity contribution is -0.144. The van der Waals surface area contributed by atoms with Gasteiger partial charge in [-0.05, 0) is 31.1 Å². The lowest BCUT2D eigenvalue weighted by Crippen LogP contribution is -2.57. The fourth-order valence-electron chi connectivity index (χ4n) is 3.13. The number of amides is 2. The third-order valence-corrected chi connectivity index (χ3v) is 4.55. The van der Waals surface area contributed by atoms with E-state index in [1.54, 1.807) is 4.90 Å². The topological polar surface area (TPSA) is 52.7 Å². The van der Waals surface area contributed by atoms with Crippen molar-refractivity contribution >= 4 is 11.8 Å². The third-order valence-electron chi connectivity index (χ3n) is 4.55. The quantitative estimate of drug-likeness (QED) is 0.845. The first-order valence-corrected chi connectivity index (χ1v) is 8.27. The fourth-order valence-corrected chi connectivity index (χ4v) is 3.13. The maximum atomic E-state index is 12.4. The van der Waals surface area contributed by atoms with E-state index < -0.39 is 0 Å². The molecule has 1 unspecified atom stereocenters. The average Bonchev–Trinajstić information content (AvgIpc) is 2.43. The van der Waals surface area contributed by atoms with Crippen molar-refractivity contribution < 1.29 is 9.59 Å². The van der Waals surface area contributed by atoms with E-state index in [1.807, 2.05) is 4.90 Å². The van der Waals surface area contributed by atoms with Crippen molar-refractivity contribution in [3.8, 4) is 0 Å². The van der Waals surface area contributed by atoms with E-state index in [-0.39, 0.29) is 24.4 Å². The van der Waals surface area contributed by atoms with Gasteiger partial charge in [-0.1, -0.05) is 20.8 Å². The summed E-state index contributed by atoms with van der Waals surface area (Å²) in [5, 5.41) is 3.27. The number of likely N-dealkylation sites (tertiary alicyclic amines) is 1. The zero-order valence-corrected chi connectivity index (χ0v) is 13.6. The van der Waals surface area contributed by atoms with Gasteiger partial charge >= 0.3 is 0 Å². The highest BCUT2D eigenvalue weighted by Gasteiger charge is 2.31. The first-order chi connectivity index (χ1) is 9.97. The molecule has 0 saturated carbocycles. The van der Waals surface area contributed by atoms with Gasteiger partial charge in [-0.15, -0.1) is 0 Å². The van der Waals surface area contributed by atoms with Gasteiger partial charge in [0.1, 0.15) is 0 Å². The molecule has 5 nitrogen and oxygen atoms in total. The second-order valence-corrected chi connectivity index (χ2v) is 6.96. The average molecular weight is 295 g/mol. The number of piperazine rings is 1. The molecule has 2 fully saturated rings. The fraction of sp³-hybridized carbons (Fsp3) is 0.875. The Hall–Kier alpha value is -1.10. The summed E-state index contributed by atoms with van der Waals surface area (Å²) in [6.45, 7) is 9.84. The molecule has 2 saturated heterocycles. The number of hydrogen-bond donors (Lipinski definition) is 1. The van der Waals surface area contributed by atoms with Gasteiger partial charge in [-0.2, -0.15) is 0 Å². The summed E-state index contributed by atoms with van der Waals surface area (Å²) in [7, 11) is 0. The van der Waals surface area contributed by atoms with Gasteiger partial charge in [-0.25, -0.2) is 0 Å². The minimum Gasteiger partial charge on any atom is -0.341 e. The highest BCUT2D eigenvalue weighted by molar-refractivity contribution is 5.88. The van der Waals surface area contributed by atoms with Crippen LogP contribution in [0.5, 0.6) is 0 Å². The molecular weight excluding hydrogens is 266 g/mol. The molecule has 0 spiro atoms. The van der Waals surface area contributed by atoms with Crippen molar-refractivity contribution in [1.82, 2.24) is 15.1 Å². The summed E-state index contributed by atoms with van der Waals surface area (Å²) >= 11 is 0. The van der Waals surface area contributed by atoms with Crippen LogP contribution in [0.2, 0.25) is 0 Å². The number of carbonyl (C=O) groups is 2. The van der Waals surface area contributed by atoms with Crippen LogP contribution in [0.15, 0.2) is 0 Å². The van der Waals surface area contributed by atoms with E-state index in [9.17, 15) is 9.59 Å². The number of rotatable bonds is 4. The third kappa shape index (κ3) is 4.43. The number of nitrogens with one attached hydrogen (secondary N) is 1. The Morgan fingerprint density at radius 2 is 1.95 bits per heavy atom. The van der Waals surface area contributed by atoms with E-state index in [0.29, 0.717) is 18.4 Å². The predicted octanol–water partition coefficient (Wildman–Crippen LogP) is 1.09. The van der Waals surface area contributed by atoms with Crippen molar-refractivity contribution in [2.75, 3.05) is 32.7 Å². The summed E-state index contributed by atoms with van der Waals surface area (Å²) in [4.78, 5) is 28.4. The minimum atomic E-state index is -0.118. The van der Waals surface area contributed by atoms with Gasteiger partial charge in [0.25, 0.3) is 0 Å². The van der Waals surface area contributed by atoms with Crippen LogP contribution in [0.4, 0.5) is 0 Å². The van der Waals surface area contributed by atoms with Gasteiger partial charge in [0.05, 0.1) is 12.6 Å². The van der Waals surface area contributed by atoms with Gasteiger partial charge < -0.3 is 15.1 Å². The molecule has 2 rings (SSSR count). The van der Waals surface area contributed by atoms with E-state index in [2.05, 4.69) is 26.1 Å². The highest BCUT2D eigenvalue weighted by atomic mass is 16.2. The van der Waals surface area contributed by atoms with Gasteiger partial charge in [0.2, 0.25) is 11.8 Å². The van der Waals surface area contributed by atoms with Gasteiger partial charge in [0.15, 0.2) is 0 Å². The van der Waals surface area contributed by atoms with Gasteiger partial charge in [-0.3, -0.25) is 9.59 Å². The van der Waals surface area contributed by atoms with Crippen LogP contribution >= 0.6 is 0 Å². The molecule has 0 aromatic carbocycles. The molecule has 1 atom stereocenters. The lowest BCUT2D eigenvalue weighted by atomic mass is 9.99. The molecule has 0 bridgehead atoms. The van der Waals surface area contributed by atoms with Crippen molar-refractivity contribution in [2.24, 2.45) is 11.8 Å². The van der Waals surface area contributed by atoms with Crippen LogP contribution in [0.1, 0.15) is 40.0 Å². The van der Waals surface area contributed by atoms with Crippen LogP contribution in [-0.2, 0) is 9.59 Å². The summed E-state index contributed by atoms with van der Waals surface area (Å²) in [5.41, 5.74) is 0. The lowest BCUT2D eigenvalue weighted by Gasteiger charge is -2.36. The molecule has 2 aliphatic heterocycles. The molecule has 2 aliphatic rings. The highest BCUT2D eigenvalue weighted by Crippen LogP contribution is 2.17. The Morgan fingerprint density at radius 1 is 1.29 bits per heavy atom. The smallest absolute Gasteiger partial charge is 0.242 e. The maximum absolute atomic E-state index is 12.4. The number of carbonyl (C=O) groups excluding carboxylic acids is 2. The number of nitrogens with zero attached hydrogens (tertiary/aromatic N) is 2. The molecule has 120 valence electrons. The summed E-state index contributed by atoms with van der Waals surface area (Å²) in [6, 6.07) is -0.118. The normalized spacial score (nSPS) is 24.8. The zero-order valence-electron chi connectivity index (χ0n) is 13.6. The predicted molar refractivity (Wildman–Crippen MR) is 82.8 cm³/mol. The van der Waals surface area contributed by atoms with Crippen LogP contribution in [0, 0.1) is 11.8 Å². The monoisotopic (exact) mass is 295 g/mol. The second-order valence-electron chi connectivity index (χ2n) is 6.96. The standard InChI is InChI=1S/C16H29N3O2/c1-12(2)10-14-16(21)19(9-6-17-14)11-15(20)18-7-4-13(3)5-8-18/h12-14,17H,4-11H2,1-3H3. The van der Waals surface area contributed by atoms with Crippen LogP contribution in [-0.4, -0.2) is 60.4 Å². The first-order valence-electron chi connectivity index (χ1n) is 8.27. The van der Waals surface area contributed by atoms with Crippen LogP contribution in [0.25, 0.3) is 0 Å². The van der Waals surface area contributed by atoms with Crippen molar-refractivity contribution in [2.45, 2.75) is 46.1 Å². The largest absolute Gasteiger partial charge is 0.341 e. The maximum Gasteiger partial charge on any atom is 0.242 e. The molecule has 21 heavy (non-hydrogen) atoms. The molecular formula is C16H29N3O2. The van der Waals surface area contributed by atoms with Crippen LogP contribution in [0.3, 0.4) is 0 Å². The Kier molecular flexibility index (Phi) is 5.62. The van der Waals surface area contributed by atoms with E-state index in [1.165, 1.54) is 0 Å². The minimum absolute atomic E-state index is 0.0914. The van der Waals surface area contributed by atoms with Crippen molar-refractivity contribution in [3.05, 3.63) is 0 Å². The summed E-state index contributed by atoms with van der Waals surface area (Å²) in [6.07, 6.45) is 3.00. The summed E-state index contributed by atoms with van der Waals surface area (Å²) in [5.74, 6) is 1.39. The molecule has 2 amide bonds. The van der Waals surface area contributed by atoms with E-state index >= 15 is 0 Å². The molecule has 0 aromatic rings. The second kappa shape index (κ2) is 7.25. The number of hydrogen-bond acceptors (Lipinski definition) is 3. The Bertz CT molecular complexity index is 376. The summed E-state index contributed by atoms with van der Waals surface area (Å²) < 4.78 is 0. The molecule has 1 N–H and O–H groups in total. The SMILES string of the molecule is CC(C)CC1NCCN(CC(=O)N2CCC(C)CC2)C1=O. The Labute approximate surface area is 128 Å². The van der Waals surface area contributed by atoms with Gasteiger partial charge in [0, 0.05) is 26.2 Å². The molecule has 2 heterocycles.